The molecule has 4 rings (SSSR count). The highest BCUT2D eigenvalue weighted by Gasteiger charge is 2.32. The largest absolute Gasteiger partial charge is 0.497 e. The summed E-state index contributed by atoms with van der Waals surface area (Å²) in [5, 5.41) is 12.5. The number of methoxy groups -OCH3 is 1. The molecule has 7 nitrogen and oxygen atoms in total. The van der Waals surface area contributed by atoms with Gasteiger partial charge in [0.05, 0.1) is 18.6 Å². The summed E-state index contributed by atoms with van der Waals surface area (Å²) in [4.78, 5) is 14.8. The number of hydrogen-bond donors (Lipinski definition) is 0. The molecule has 0 N–H and O–H groups in total. The number of carbonyl (C=O) groups is 1. The van der Waals surface area contributed by atoms with E-state index in [4.69, 9.17) is 4.74 Å². The number of carbonyl (C=O) groups excluding carboxylic acids is 1. The summed E-state index contributed by atoms with van der Waals surface area (Å²) in [6, 6.07) is 17.9. The number of nitrogens with zero attached hydrogens (tertiary/aromatic N) is 5. The zero-order valence-corrected chi connectivity index (χ0v) is 16.4. The molecule has 1 aliphatic carbocycles. The van der Waals surface area contributed by atoms with E-state index in [-0.39, 0.29) is 5.91 Å². The minimum atomic E-state index is 0.112. The predicted molar refractivity (Wildman–Crippen MR) is 106 cm³/mol. The Morgan fingerprint density at radius 1 is 1.18 bits per heavy atom. The van der Waals surface area contributed by atoms with Gasteiger partial charge in [-0.3, -0.25) is 4.79 Å². The van der Waals surface area contributed by atoms with E-state index < -0.39 is 0 Å². The molecule has 0 unspecified atom stereocenters. The molecule has 0 spiro atoms. The fourth-order valence-electron chi connectivity index (χ4n) is 2.95. The van der Waals surface area contributed by atoms with Crippen LogP contribution in [0.15, 0.2) is 59.8 Å². The lowest BCUT2D eigenvalue weighted by Crippen LogP contribution is -2.34. The quantitative estimate of drug-likeness (QED) is 0.546. The third-order valence-electron chi connectivity index (χ3n) is 4.59. The Hall–Kier alpha value is -2.87. The maximum Gasteiger partial charge on any atom is 0.233 e. The van der Waals surface area contributed by atoms with Gasteiger partial charge >= 0.3 is 0 Å². The second-order valence-electron chi connectivity index (χ2n) is 6.60. The summed E-state index contributed by atoms with van der Waals surface area (Å²) in [5.74, 6) is 1.18. The van der Waals surface area contributed by atoms with E-state index in [1.807, 2.05) is 47.4 Å². The molecule has 1 heterocycles. The number of rotatable bonds is 8. The zero-order valence-electron chi connectivity index (χ0n) is 15.6. The summed E-state index contributed by atoms with van der Waals surface area (Å²) < 4.78 is 6.82. The highest BCUT2D eigenvalue weighted by Crippen LogP contribution is 2.30. The molecule has 0 aliphatic heterocycles. The number of ether oxygens (including phenoxy) is 1. The highest BCUT2D eigenvalue weighted by atomic mass is 32.2. The number of hydrogen-bond acceptors (Lipinski definition) is 6. The van der Waals surface area contributed by atoms with Crippen LogP contribution < -0.4 is 4.74 Å². The van der Waals surface area contributed by atoms with Crippen LogP contribution in [-0.2, 0) is 11.3 Å². The molecule has 2 aromatic carbocycles. The molecule has 1 aromatic heterocycles. The first-order chi connectivity index (χ1) is 13.7. The van der Waals surface area contributed by atoms with Crippen molar-refractivity contribution in [1.82, 2.24) is 25.1 Å². The lowest BCUT2D eigenvalue weighted by Gasteiger charge is -2.22. The highest BCUT2D eigenvalue weighted by molar-refractivity contribution is 7.99. The maximum absolute atomic E-state index is 12.9. The molecular formula is C20H21N5O2S. The number of aromatic nitrogens is 4. The van der Waals surface area contributed by atoms with Gasteiger partial charge < -0.3 is 9.64 Å². The van der Waals surface area contributed by atoms with Crippen molar-refractivity contribution >= 4 is 17.7 Å². The molecule has 28 heavy (non-hydrogen) atoms. The standard InChI is InChI=1S/C20H21N5O2S/c1-27-18-11-9-17(10-12-18)25-20(21-22-23-25)28-14-19(26)24(16-7-8-16)13-15-5-3-2-4-6-15/h2-6,9-12,16H,7-8,13-14H2,1H3. The monoisotopic (exact) mass is 395 g/mol. The van der Waals surface area contributed by atoms with Crippen molar-refractivity contribution in [3.05, 3.63) is 60.2 Å². The van der Waals surface area contributed by atoms with Crippen molar-refractivity contribution in [3.8, 4) is 11.4 Å². The minimum Gasteiger partial charge on any atom is -0.497 e. The predicted octanol–water partition coefficient (Wildman–Crippen LogP) is 2.95. The first-order valence-corrected chi connectivity index (χ1v) is 10.1. The topological polar surface area (TPSA) is 73.1 Å². The van der Waals surface area contributed by atoms with Gasteiger partial charge in [-0.05, 0) is 53.1 Å². The summed E-state index contributed by atoms with van der Waals surface area (Å²) in [7, 11) is 1.62. The van der Waals surface area contributed by atoms with E-state index in [1.165, 1.54) is 11.8 Å². The SMILES string of the molecule is COc1ccc(-n2nnnc2SCC(=O)N(Cc2ccccc2)C2CC2)cc1. The van der Waals surface area contributed by atoms with Crippen LogP contribution in [0.2, 0.25) is 0 Å². The van der Waals surface area contributed by atoms with E-state index in [2.05, 4.69) is 27.7 Å². The first kappa shape index (κ1) is 18.5. The minimum absolute atomic E-state index is 0.112. The van der Waals surface area contributed by atoms with Crippen molar-refractivity contribution in [2.24, 2.45) is 0 Å². The lowest BCUT2D eigenvalue weighted by molar-refractivity contribution is -0.129. The van der Waals surface area contributed by atoms with E-state index in [0.717, 1.165) is 29.8 Å². The molecule has 1 amide bonds. The van der Waals surface area contributed by atoms with Gasteiger partial charge in [-0.2, -0.15) is 4.68 Å². The fourth-order valence-corrected chi connectivity index (χ4v) is 3.73. The van der Waals surface area contributed by atoms with Crippen molar-refractivity contribution in [2.75, 3.05) is 12.9 Å². The van der Waals surface area contributed by atoms with Gasteiger partial charge in [0.15, 0.2) is 0 Å². The fraction of sp³-hybridized carbons (Fsp3) is 0.300. The molecule has 8 heteroatoms. The van der Waals surface area contributed by atoms with Crippen LogP contribution in [0.1, 0.15) is 18.4 Å². The molecular weight excluding hydrogens is 374 g/mol. The molecule has 0 bridgehead atoms. The number of tetrazole rings is 1. The molecule has 3 aromatic rings. The molecule has 144 valence electrons. The Bertz CT molecular complexity index is 925. The Balaban J connectivity index is 1.42. The van der Waals surface area contributed by atoms with Crippen LogP contribution in [0.25, 0.3) is 5.69 Å². The summed E-state index contributed by atoms with van der Waals surface area (Å²) in [6.07, 6.45) is 2.15. The average molecular weight is 395 g/mol. The van der Waals surface area contributed by atoms with Gasteiger partial charge in [0.2, 0.25) is 11.1 Å². The van der Waals surface area contributed by atoms with Crippen molar-refractivity contribution < 1.29 is 9.53 Å². The van der Waals surface area contributed by atoms with Crippen LogP contribution in [0.5, 0.6) is 5.75 Å². The normalized spacial score (nSPS) is 13.3. The number of thioether (sulfide) groups is 1. The smallest absolute Gasteiger partial charge is 0.233 e. The van der Waals surface area contributed by atoms with Crippen LogP contribution in [0, 0.1) is 0 Å². The van der Waals surface area contributed by atoms with Gasteiger partial charge in [-0.25, -0.2) is 0 Å². The molecule has 1 saturated carbocycles. The van der Waals surface area contributed by atoms with Gasteiger partial charge in [0, 0.05) is 12.6 Å². The van der Waals surface area contributed by atoms with E-state index >= 15 is 0 Å². The molecule has 0 saturated heterocycles. The van der Waals surface area contributed by atoms with Crippen LogP contribution in [-0.4, -0.2) is 49.9 Å². The average Bonchev–Trinajstić information content (AvgIpc) is 3.48. The first-order valence-electron chi connectivity index (χ1n) is 9.13. The van der Waals surface area contributed by atoms with E-state index in [9.17, 15) is 4.79 Å². The third kappa shape index (κ3) is 4.33. The van der Waals surface area contributed by atoms with Crippen LogP contribution in [0.3, 0.4) is 0 Å². The van der Waals surface area contributed by atoms with Gasteiger partial charge in [0.25, 0.3) is 0 Å². The van der Waals surface area contributed by atoms with Gasteiger partial charge in [-0.15, -0.1) is 5.10 Å². The third-order valence-corrected chi connectivity index (χ3v) is 5.49. The zero-order chi connectivity index (χ0) is 19.3. The number of benzene rings is 2. The summed E-state index contributed by atoms with van der Waals surface area (Å²) in [6.45, 7) is 0.647. The Labute approximate surface area is 167 Å². The van der Waals surface area contributed by atoms with E-state index in [0.29, 0.717) is 23.5 Å². The molecule has 1 aliphatic rings. The van der Waals surface area contributed by atoms with E-state index in [1.54, 1.807) is 11.8 Å². The Morgan fingerprint density at radius 2 is 1.93 bits per heavy atom. The number of amides is 1. The summed E-state index contributed by atoms with van der Waals surface area (Å²) in [5.41, 5.74) is 1.97. The second-order valence-corrected chi connectivity index (χ2v) is 7.54. The molecule has 1 fully saturated rings. The maximum atomic E-state index is 12.9. The van der Waals surface area contributed by atoms with Crippen molar-refractivity contribution in [3.63, 3.8) is 0 Å². The summed E-state index contributed by atoms with van der Waals surface area (Å²) >= 11 is 1.36. The second kappa shape index (κ2) is 8.43. The van der Waals surface area contributed by atoms with Crippen LogP contribution in [0.4, 0.5) is 0 Å². The van der Waals surface area contributed by atoms with Gasteiger partial charge in [0.1, 0.15) is 5.75 Å². The van der Waals surface area contributed by atoms with Gasteiger partial charge in [-0.1, -0.05) is 42.1 Å². The molecule has 0 radical (unpaired) electrons. The van der Waals surface area contributed by atoms with Crippen molar-refractivity contribution in [1.29, 1.82) is 0 Å². The van der Waals surface area contributed by atoms with Crippen LogP contribution >= 0.6 is 11.8 Å². The Kier molecular flexibility index (Phi) is 5.57. The lowest BCUT2D eigenvalue weighted by atomic mass is 10.2. The Morgan fingerprint density at radius 3 is 2.61 bits per heavy atom. The van der Waals surface area contributed by atoms with Crippen molar-refractivity contribution in [2.45, 2.75) is 30.6 Å². The molecule has 0 atom stereocenters.